The molecule has 0 heterocycles. The molecule has 0 saturated heterocycles. The summed E-state index contributed by atoms with van der Waals surface area (Å²) in [7, 11) is 0. The molecule has 0 fully saturated rings. The SMILES string of the molecule is [C-]1=CCCC=CCC1.[C-]1=CCCC=CCC1.[Ni].[Ni]. The third kappa shape index (κ3) is 14.0. The van der Waals surface area contributed by atoms with Crippen LogP contribution in [0.15, 0.2) is 36.5 Å². The predicted molar refractivity (Wildman–Crippen MR) is 70.8 cm³/mol. The summed E-state index contributed by atoms with van der Waals surface area (Å²) >= 11 is 0. The van der Waals surface area contributed by atoms with E-state index in [0.29, 0.717) is 0 Å². The summed E-state index contributed by atoms with van der Waals surface area (Å²) in [4.78, 5) is 0. The van der Waals surface area contributed by atoms with Crippen LogP contribution in [0, 0.1) is 12.2 Å². The minimum atomic E-state index is 0. The maximum atomic E-state index is 3.21. The minimum Gasteiger partial charge on any atom is -0.500 e. The van der Waals surface area contributed by atoms with Gasteiger partial charge >= 0.3 is 0 Å². The number of hydrogen-bond donors (Lipinski definition) is 0. The second-order valence-corrected chi connectivity index (χ2v) is 3.99. The largest absolute Gasteiger partial charge is 0.500 e. The Bertz CT molecular complexity index is 182. The smallest absolute Gasteiger partial charge is 0 e. The molecule has 0 amide bonds. The van der Waals surface area contributed by atoms with Crippen LogP contribution in [-0.4, -0.2) is 0 Å². The van der Waals surface area contributed by atoms with Gasteiger partial charge in [0.25, 0.3) is 0 Å². The van der Waals surface area contributed by atoms with Crippen LogP contribution in [0.5, 0.6) is 0 Å². The van der Waals surface area contributed by atoms with E-state index < -0.39 is 0 Å². The summed E-state index contributed by atoms with van der Waals surface area (Å²) in [5.74, 6) is 0. The van der Waals surface area contributed by atoms with Gasteiger partial charge in [-0.15, -0.1) is 0 Å². The average Bonchev–Trinajstić information content (AvgIpc) is 2.15. The van der Waals surface area contributed by atoms with E-state index in [-0.39, 0.29) is 33.0 Å². The topological polar surface area (TPSA) is 0 Å². The molecule has 0 N–H and O–H groups in total. The molecular weight excluding hydrogens is 310 g/mol. The molecule has 0 saturated carbocycles. The van der Waals surface area contributed by atoms with Crippen molar-refractivity contribution < 1.29 is 33.0 Å². The quantitative estimate of drug-likeness (QED) is 0.335. The molecular formula is C16H22Ni2-2. The molecule has 2 heteroatoms. The number of hydrogen-bond acceptors (Lipinski definition) is 0. The van der Waals surface area contributed by atoms with E-state index in [9.17, 15) is 0 Å². The van der Waals surface area contributed by atoms with Crippen LogP contribution in [0.2, 0.25) is 0 Å². The van der Waals surface area contributed by atoms with E-state index in [4.69, 9.17) is 0 Å². The van der Waals surface area contributed by atoms with Crippen molar-refractivity contribution >= 4 is 0 Å². The molecule has 2 rings (SSSR count). The first-order valence-corrected chi connectivity index (χ1v) is 6.40. The van der Waals surface area contributed by atoms with E-state index in [1.807, 2.05) is 0 Å². The van der Waals surface area contributed by atoms with Crippen LogP contribution >= 0.6 is 0 Å². The van der Waals surface area contributed by atoms with E-state index in [1.54, 1.807) is 0 Å². The number of allylic oxidation sites excluding steroid dienone is 8. The Morgan fingerprint density at radius 2 is 0.889 bits per heavy atom. The van der Waals surface area contributed by atoms with Crippen LogP contribution < -0.4 is 0 Å². The van der Waals surface area contributed by atoms with Crippen molar-refractivity contribution in [1.82, 2.24) is 0 Å². The summed E-state index contributed by atoms with van der Waals surface area (Å²) < 4.78 is 0. The van der Waals surface area contributed by atoms with Gasteiger partial charge in [0.05, 0.1) is 0 Å². The average molecular weight is 332 g/mol. The van der Waals surface area contributed by atoms with E-state index >= 15 is 0 Å². The molecule has 0 atom stereocenters. The molecule has 0 nitrogen and oxygen atoms in total. The third-order valence-corrected chi connectivity index (χ3v) is 2.49. The van der Waals surface area contributed by atoms with Gasteiger partial charge in [-0.1, -0.05) is 50.0 Å². The van der Waals surface area contributed by atoms with Gasteiger partial charge < -0.3 is 12.2 Å². The zero-order valence-corrected chi connectivity index (χ0v) is 12.7. The van der Waals surface area contributed by atoms with Crippen LogP contribution in [0.1, 0.15) is 51.4 Å². The molecule has 0 aromatic rings. The molecule has 108 valence electrons. The van der Waals surface area contributed by atoms with Gasteiger partial charge in [-0.3, -0.25) is 12.2 Å². The molecule has 0 aromatic heterocycles. The van der Waals surface area contributed by atoms with Crippen molar-refractivity contribution in [3.63, 3.8) is 0 Å². The Kier molecular flexibility index (Phi) is 19.1. The Morgan fingerprint density at radius 1 is 0.500 bits per heavy atom. The fourth-order valence-electron chi connectivity index (χ4n) is 1.57. The van der Waals surface area contributed by atoms with Gasteiger partial charge in [-0.2, -0.15) is 12.8 Å². The minimum absolute atomic E-state index is 0. The van der Waals surface area contributed by atoms with Crippen LogP contribution in [0.25, 0.3) is 0 Å². The molecule has 0 aromatic carbocycles. The van der Waals surface area contributed by atoms with Gasteiger partial charge in [0, 0.05) is 33.0 Å². The van der Waals surface area contributed by atoms with Crippen LogP contribution in [0.4, 0.5) is 0 Å². The van der Waals surface area contributed by atoms with Gasteiger partial charge in [-0.25, -0.2) is 0 Å². The van der Waals surface area contributed by atoms with E-state index in [2.05, 4.69) is 48.6 Å². The van der Waals surface area contributed by atoms with Crippen molar-refractivity contribution in [3.8, 4) is 0 Å². The van der Waals surface area contributed by atoms with Crippen molar-refractivity contribution in [3.05, 3.63) is 48.6 Å². The molecule has 0 unspecified atom stereocenters. The Hall–Kier alpha value is -0.0530. The summed E-state index contributed by atoms with van der Waals surface area (Å²) in [6.45, 7) is 0. The Balaban J connectivity index is 0. The molecule has 0 bridgehead atoms. The van der Waals surface area contributed by atoms with Crippen molar-refractivity contribution in [2.24, 2.45) is 0 Å². The second-order valence-electron chi connectivity index (χ2n) is 3.99. The molecule has 0 radical (unpaired) electrons. The van der Waals surface area contributed by atoms with Crippen LogP contribution in [0.3, 0.4) is 0 Å². The summed E-state index contributed by atoms with van der Waals surface area (Å²) in [6.07, 6.45) is 29.0. The first kappa shape index (κ1) is 20.3. The normalized spacial score (nSPS) is 17.8. The van der Waals surface area contributed by atoms with E-state index in [0.717, 1.165) is 12.8 Å². The first-order chi connectivity index (χ1) is 8.00. The van der Waals surface area contributed by atoms with E-state index in [1.165, 1.54) is 38.5 Å². The zero-order chi connectivity index (χ0) is 11.3. The Labute approximate surface area is 133 Å². The summed E-state index contributed by atoms with van der Waals surface area (Å²) in [5, 5.41) is 0. The van der Waals surface area contributed by atoms with Crippen molar-refractivity contribution in [1.29, 1.82) is 0 Å². The monoisotopic (exact) mass is 330 g/mol. The fraction of sp³-hybridized carbons (Fsp3) is 0.500. The summed E-state index contributed by atoms with van der Waals surface area (Å²) in [5.41, 5.74) is 0. The predicted octanol–water partition coefficient (Wildman–Crippen LogP) is 4.95. The molecule has 2 aliphatic carbocycles. The third-order valence-electron chi connectivity index (χ3n) is 2.49. The van der Waals surface area contributed by atoms with Crippen molar-refractivity contribution in [2.75, 3.05) is 0 Å². The molecule has 18 heavy (non-hydrogen) atoms. The van der Waals surface area contributed by atoms with Crippen molar-refractivity contribution in [2.45, 2.75) is 51.4 Å². The first-order valence-electron chi connectivity index (χ1n) is 6.40. The van der Waals surface area contributed by atoms with Gasteiger partial charge in [0.2, 0.25) is 0 Å². The maximum absolute atomic E-state index is 3.21. The molecule has 0 spiro atoms. The summed E-state index contributed by atoms with van der Waals surface area (Å²) in [6, 6.07) is 0. The van der Waals surface area contributed by atoms with Gasteiger partial charge in [-0.05, 0) is 12.8 Å². The fourth-order valence-corrected chi connectivity index (χ4v) is 1.57. The molecule has 0 aliphatic heterocycles. The zero-order valence-electron chi connectivity index (χ0n) is 10.8. The van der Waals surface area contributed by atoms with Crippen LogP contribution in [-0.2, 0) is 33.0 Å². The molecule has 2 aliphatic rings. The number of rotatable bonds is 0. The maximum Gasteiger partial charge on any atom is 0 e. The van der Waals surface area contributed by atoms with Gasteiger partial charge in [0.15, 0.2) is 0 Å². The standard InChI is InChI=1S/2C8H11.2Ni/c2*1-2-4-6-8-7-5-3-1;;/h2*1-2,7H,3-6H2;;/q2*-1;;. The Morgan fingerprint density at radius 3 is 1.33 bits per heavy atom. The van der Waals surface area contributed by atoms with Gasteiger partial charge in [0.1, 0.15) is 0 Å². The second kappa shape index (κ2) is 16.9.